The van der Waals surface area contributed by atoms with Crippen molar-refractivity contribution in [3.63, 3.8) is 0 Å². The second-order valence-corrected chi connectivity index (χ2v) is 29.1. The maximum atomic E-state index is 11.8. The van der Waals surface area contributed by atoms with Gasteiger partial charge >= 0.3 is 5.20 Å². The molecule has 0 saturated heterocycles. The number of H-pyrrole nitrogens is 2. The Morgan fingerprint density at radius 1 is 0.652 bits per heavy atom. The summed E-state index contributed by atoms with van der Waals surface area (Å²) in [7, 11) is 7.26. The molecule has 0 bridgehead atoms. The number of aryl methyl sites for hydroxylation is 10. The van der Waals surface area contributed by atoms with E-state index in [1.54, 1.807) is 28.1 Å². The van der Waals surface area contributed by atoms with Crippen molar-refractivity contribution in [2.24, 2.45) is 0 Å². The summed E-state index contributed by atoms with van der Waals surface area (Å²) in [6, 6.07) is 16.8. The summed E-state index contributed by atoms with van der Waals surface area (Å²) in [6.45, 7) is 9.50. The second-order valence-electron chi connectivity index (χ2n) is 21.6. The molecule has 0 amide bonds. The molecule has 28 heteroatoms. The van der Waals surface area contributed by atoms with E-state index in [-0.39, 0.29) is 40.6 Å². The van der Waals surface area contributed by atoms with E-state index >= 15 is 0 Å². The van der Waals surface area contributed by atoms with Crippen LogP contribution in [0.2, 0.25) is 5.15 Å². The van der Waals surface area contributed by atoms with Crippen LogP contribution in [0, 0.1) is 27.7 Å². The number of methoxy groups -OCH3 is 2. The molecule has 92 heavy (non-hydrogen) atoms. The number of aliphatic hydroxyl groups is 1. The Labute approximate surface area is 565 Å². The van der Waals surface area contributed by atoms with Gasteiger partial charge in [-0.25, -0.2) is 15.0 Å². The Hall–Kier alpha value is -6.42. The summed E-state index contributed by atoms with van der Waals surface area (Å²) in [5, 5.41) is 19.6. The van der Waals surface area contributed by atoms with Gasteiger partial charge in [0.05, 0.1) is 36.4 Å². The monoisotopic (exact) mass is 1410 g/mol. The number of benzene rings is 2. The molecule has 1 atom stereocenters. The number of rotatable bonds is 7. The molecular formula is C64H81Cl6N10O11P. The third kappa shape index (κ3) is 23.0. The van der Waals surface area contributed by atoms with Gasteiger partial charge in [0.15, 0.2) is 5.78 Å². The molecule has 1 fully saturated rings. The van der Waals surface area contributed by atoms with Gasteiger partial charge in [0.1, 0.15) is 68.4 Å². The minimum atomic E-state index is -3.22. The number of nitrogens with one attached hydrogen (secondary N) is 3. The fraction of sp³-hybridized carbons (Fsp3) is 0.453. The molecule has 0 aliphatic heterocycles. The normalized spacial score (nSPS) is 14.3. The summed E-state index contributed by atoms with van der Waals surface area (Å²) >= 11 is 25.6. The largest absolute Gasteiger partial charge is 0.497 e. The van der Waals surface area contributed by atoms with Crippen LogP contribution < -0.4 is 30.8 Å². The highest BCUT2D eigenvalue weighted by molar-refractivity contribution is 8.24. The first-order valence-electron chi connectivity index (χ1n) is 30.1. The second kappa shape index (κ2) is 37.5. The minimum Gasteiger partial charge on any atom is -0.497 e. The zero-order valence-electron chi connectivity index (χ0n) is 53.2. The Morgan fingerprint density at radius 3 is 1.55 bits per heavy atom. The Morgan fingerprint density at radius 2 is 1.11 bits per heavy atom. The number of hydrogen-bond acceptors (Lipinski definition) is 19. The molecule has 1 saturated carbocycles. The third-order valence-electron chi connectivity index (χ3n) is 14.7. The molecule has 7 heterocycles. The third-order valence-corrected chi connectivity index (χ3v) is 15.5. The molecule has 1 unspecified atom stereocenters. The van der Waals surface area contributed by atoms with Gasteiger partial charge in [-0.3, -0.25) is 18.9 Å². The number of fused-ring (bicyclic) bond motifs is 9. The quantitative estimate of drug-likeness (QED) is 0.0563. The van der Waals surface area contributed by atoms with E-state index in [0.717, 1.165) is 158 Å². The van der Waals surface area contributed by atoms with Crippen molar-refractivity contribution in [1.82, 2.24) is 39.9 Å². The number of alkyl halides is 1. The number of Topliss-reactive ketones (excluding diaryl/α,β-unsaturated/α-hetero) is 1. The van der Waals surface area contributed by atoms with E-state index in [0.29, 0.717) is 58.2 Å². The van der Waals surface area contributed by atoms with Crippen LogP contribution in [0.3, 0.4) is 0 Å². The van der Waals surface area contributed by atoms with E-state index in [1.165, 1.54) is 36.8 Å². The first-order chi connectivity index (χ1) is 43.4. The average molecular weight is 1410 g/mol. The SMILES string of the molecule is CCCCO.CNc1ccc(OC)cc1.COc1ccc(N(C)c2nc(C)nc3oc4c(c23)CCCC4)cc1.Cc1nc(Cl)c2c3c(oc2n1)CCCC3.Cc1nc(O)cc(=O)[nH]1.Cc1nc2oc3c(c2c(=O)[nH]1)CCCC3.Cl.O=C1CCCCC1Cl.O=P(Cl)(Cl)Cl. The fourth-order valence-corrected chi connectivity index (χ4v) is 10.9. The predicted molar refractivity (Wildman–Crippen MR) is 370 cm³/mol. The summed E-state index contributed by atoms with van der Waals surface area (Å²) in [6.07, 6.45) is 18.8. The predicted octanol–water partition coefficient (Wildman–Crippen LogP) is 16.2. The average Bonchev–Trinajstić information content (AvgIpc) is 1.62. The number of furan rings is 3. The minimum absolute atomic E-state index is 0. The molecule has 0 radical (unpaired) electrons. The number of nitrogens with zero attached hydrogens (tertiary/aromatic N) is 7. The maximum Gasteiger partial charge on any atom is 0.339 e. The first kappa shape index (κ1) is 76.3. The number of halogens is 6. The van der Waals surface area contributed by atoms with Crippen LogP contribution >= 0.6 is 74.5 Å². The smallest absolute Gasteiger partial charge is 0.339 e. The molecular weight excluding hydrogens is 1330 g/mol. The van der Waals surface area contributed by atoms with Crippen molar-refractivity contribution < 1.29 is 42.3 Å². The van der Waals surface area contributed by atoms with E-state index in [1.807, 2.05) is 76.5 Å². The van der Waals surface area contributed by atoms with Gasteiger partial charge in [0, 0.05) is 74.5 Å². The molecule has 21 nitrogen and oxygen atoms in total. The van der Waals surface area contributed by atoms with Crippen molar-refractivity contribution in [2.45, 2.75) is 156 Å². The van der Waals surface area contributed by atoms with E-state index in [9.17, 15) is 18.9 Å². The lowest BCUT2D eigenvalue weighted by Gasteiger charge is -2.20. The van der Waals surface area contributed by atoms with Crippen LogP contribution in [0.25, 0.3) is 33.3 Å². The lowest BCUT2D eigenvalue weighted by molar-refractivity contribution is -0.119. The highest BCUT2D eigenvalue weighted by atomic mass is 36.0. The van der Waals surface area contributed by atoms with Crippen LogP contribution in [0.5, 0.6) is 17.4 Å². The summed E-state index contributed by atoms with van der Waals surface area (Å²) in [5.41, 5.74) is 7.20. The van der Waals surface area contributed by atoms with Gasteiger partial charge in [-0.05, 0) is 187 Å². The molecule has 7 aromatic heterocycles. The van der Waals surface area contributed by atoms with Gasteiger partial charge in [-0.2, -0.15) is 15.0 Å². The van der Waals surface area contributed by atoms with Crippen molar-refractivity contribution in [2.75, 3.05) is 45.1 Å². The van der Waals surface area contributed by atoms with Crippen LogP contribution in [-0.4, -0.2) is 96.2 Å². The number of hydrogen-bond donors (Lipinski definition) is 5. The van der Waals surface area contributed by atoms with Gasteiger partial charge in [0.2, 0.25) is 23.0 Å². The zero-order valence-corrected chi connectivity index (χ0v) is 58.6. The number of aromatic hydroxyl groups is 1. The van der Waals surface area contributed by atoms with Crippen LogP contribution in [0.4, 0.5) is 17.2 Å². The number of unbranched alkanes of at least 4 members (excludes halogenated alkanes) is 1. The van der Waals surface area contributed by atoms with Crippen molar-refractivity contribution >= 4 is 131 Å². The number of carbonyl (C=O) groups is 1. The van der Waals surface area contributed by atoms with Crippen molar-refractivity contribution in [1.29, 1.82) is 0 Å². The standard InChI is InChI=1S/C19H21N3O2.C11H11ClN2O.C11H12N2O2.C8H11NO.C6H9ClO.C5H6N2O2.C4H10O.Cl3OP.ClH/c1-12-20-18(22(2)13-8-10-14(23-3)11-9-13)17-15-6-4-5-7-16(15)24-19(17)21-12;1-6-13-10(12)9-7-4-2-3-5-8(7)15-11(9)14-6;1-6-12-10(14)9-7-4-2-3-5-8(7)15-11(9)13-6;1-9-7-3-5-8(10-2)6-4-7;7-5-3-1-2-4-6(5)8;1-3-6-4(8)2-5(9)7-3;1-2-3-4-5;1-5(2,3)4;/h8-11H,4-7H2,1-3H3;2-5H2,1H3;2-5H2,1H3,(H,12,13,14);3-6,9H,1-2H3;5H,1-4H2;2H,1H3,(H2,6,7,8,9);5H,2-4H2,1H3;;1H. The highest BCUT2D eigenvalue weighted by Gasteiger charge is 2.26. The van der Waals surface area contributed by atoms with Gasteiger partial charge in [-0.15, -0.1) is 24.0 Å². The maximum absolute atomic E-state index is 11.8. The molecule has 0 spiro atoms. The Bertz CT molecular complexity index is 3930. The molecule has 5 N–H and O–H groups in total. The summed E-state index contributed by atoms with van der Waals surface area (Å²) < 4.78 is 37.1. The number of anilines is 3. The van der Waals surface area contributed by atoms with E-state index in [4.69, 9.17) is 61.1 Å². The van der Waals surface area contributed by atoms with Crippen LogP contribution in [-0.2, 0) is 47.9 Å². The number of ether oxygens (including phenoxy) is 2. The molecule has 13 rings (SSSR count). The summed E-state index contributed by atoms with van der Waals surface area (Å²) in [4.78, 5) is 65.6. The molecule has 4 aliphatic carbocycles. The topological polar surface area (TPSA) is 291 Å². The van der Waals surface area contributed by atoms with Gasteiger partial charge in [-0.1, -0.05) is 31.4 Å². The number of aromatic amines is 2. The first-order valence-corrected chi connectivity index (χ1v) is 35.4. The lowest BCUT2D eigenvalue weighted by Crippen LogP contribution is -2.18. The summed E-state index contributed by atoms with van der Waals surface area (Å²) in [5.74, 6) is 8.15. The number of carbonyl (C=O) groups excluding carboxylic acids is 1. The Kier molecular flexibility index (Phi) is 31.1. The molecule has 9 aromatic rings. The van der Waals surface area contributed by atoms with Crippen molar-refractivity contribution in [3.05, 3.63) is 138 Å². The molecule has 500 valence electrons. The number of aliphatic hydroxyl groups excluding tert-OH is 1. The Balaban J connectivity index is 0.000000201. The van der Waals surface area contributed by atoms with E-state index < -0.39 is 5.20 Å². The molecule has 4 aliphatic rings. The lowest BCUT2D eigenvalue weighted by atomic mass is 9.96. The van der Waals surface area contributed by atoms with Crippen LogP contribution in [0.1, 0.15) is 141 Å². The van der Waals surface area contributed by atoms with Gasteiger partial charge < -0.3 is 53.1 Å². The van der Waals surface area contributed by atoms with Crippen LogP contribution in [0.15, 0.2) is 77.4 Å². The van der Waals surface area contributed by atoms with E-state index in [2.05, 4.69) is 85.8 Å². The highest BCUT2D eigenvalue weighted by Crippen LogP contribution is 2.61. The number of aromatic nitrogens is 8. The number of ketones is 1. The fourth-order valence-electron chi connectivity index (χ4n) is 10.3. The molecule has 2 aromatic carbocycles. The zero-order chi connectivity index (χ0) is 66.4. The van der Waals surface area contributed by atoms with Crippen molar-refractivity contribution in [3.8, 4) is 17.4 Å². The van der Waals surface area contributed by atoms with Gasteiger partial charge in [0.25, 0.3) is 11.1 Å².